The number of rotatable bonds is 2. The van der Waals surface area contributed by atoms with E-state index in [9.17, 15) is 4.79 Å². The first kappa shape index (κ1) is 14.5. The highest BCUT2D eigenvalue weighted by Crippen LogP contribution is 2.31. The van der Waals surface area contributed by atoms with E-state index in [-0.39, 0.29) is 6.04 Å². The van der Waals surface area contributed by atoms with Gasteiger partial charge in [-0.15, -0.1) is 0 Å². The lowest BCUT2D eigenvalue weighted by atomic mass is 9.94. The Morgan fingerprint density at radius 1 is 1.32 bits per heavy atom. The summed E-state index contributed by atoms with van der Waals surface area (Å²) >= 11 is 5.23. The predicted octanol–water partition coefficient (Wildman–Crippen LogP) is 2.20. The third-order valence-electron chi connectivity index (χ3n) is 3.65. The van der Waals surface area contributed by atoms with Crippen LogP contribution in [0.4, 0.5) is 0 Å². The minimum atomic E-state index is -0.391. The number of carbonyl (C=O) groups is 1. The Balaban J connectivity index is 2.21. The monoisotopic (exact) mass is 313 g/mol. The number of aromatic nitrogens is 1. The summed E-state index contributed by atoms with van der Waals surface area (Å²) in [5.41, 5.74) is 2.92. The van der Waals surface area contributed by atoms with E-state index in [4.69, 9.17) is 17.0 Å². The molecule has 5 nitrogen and oxygen atoms in total. The molecule has 2 N–H and O–H groups in total. The maximum atomic E-state index is 12.2. The average Bonchev–Trinajstić information content (AvgIpc) is 2.53. The number of thiocarbonyl (C=S) groups is 1. The molecule has 1 aromatic carbocycles. The first-order valence-electron chi connectivity index (χ1n) is 6.82. The Bertz CT molecular complexity index is 796. The third kappa shape index (κ3) is 2.42. The number of nitrogens with zero attached hydrogens (tertiary/aromatic N) is 1. The fourth-order valence-corrected chi connectivity index (χ4v) is 2.94. The Morgan fingerprint density at radius 2 is 2.09 bits per heavy atom. The van der Waals surface area contributed by atoms with E-state index in [2.05, 4.69) is 15.6 Å². The summed E-state index contributed by atoms with van der Waals surface area (Å²) in [6, 6.07) is 9.35. The lowest BCUT2D eigenvalue weighted by Crippen LogP contribution is -2.45. The van der Waals surface area contributed by atoms with E-state index in [1.807, 2.05) is 37.3 Å². The van der Waals surface area contributed by atoms with Gasteiger partial charge in [-0.05, 0) is 25.2 Å². The standard InChI is InChI=1S/C16H15N3O2S/c1-9-12(15(20)21-2)14(19-16(22)18-9)11-7-3-5-10-6-4-8-17-13(10)11/h3-8,14H,1-2H3,(H2,18,19,22). The van der Waals surface area contributed by atoms with E-state index < -0.39 is 5.97 Å². The van der Waals surface area contributed by atoms with Gasteiger partial charge in [0.05, 0.1) is 24.2 Å². The molecule has 0 aliphatic carbocycles. The molecular formula is C16H15N3O2S. The molecule has 0 saturated heterocycles. The molecule has 2 heterocycles. The average molecular weight is 313 g/mol. The lowest BCUT2D eigenvalue weighted by molar-refractivity contribution is -0.136. The molecule has 1 aliphatic rings. The van der Waals surface area contributed by atoms with Crippen LogP contribution in [0.3, 0.4) is 0 Å². The summed E-state index contributed by atoms with van der Waals surface area (Å²) in [6.07, 6.45) is 1.74. The second-order valence-corrected chi connectivity index (χ2v) is 5.39. The number of methoxy groups -OCH3 is 1. The van der Waals surface area contributed by atoms with Crippen LogP contribution in [0, 0.1) is 0 Å². The van der Waals surface area contributed by atoms with Gasteiger partial charge in [0.25, 0.3) is 0 Å². The number of pyridine rings is 1. The first-order chi connectivity index (χ1) is 10.6. The van der Waals surface area contributed by atoms with E-state index in [0.717, 1.165) is 16.5 Å². The maximum absolute atomic E-state index is 12.2. The summed E-state index contributed by atoms with van der Waals surface area (Å²) < 4.78 is 4.92. The van der Waals surface area contributed by atoms with Gasteiger partial charge < -0.3 is 15.4 Å². The molecule has 22 heavy (non-hydrogen) atoms. The van der Waals surface area contributed by atoms with Gasteiger partial charge in [0.2, 0.25) is 0 Å². The van der Waals surface area contributed by atoms with Crippen LogP contribution in [0.2, 0.25) is 0 Å². The van der Waals surface area contributed by atoms with Crippen molar-refractivity contribution in [1.82, 2.24) is 15.6 Å². The summed E-state index contributed by atoms with van der Waals surface area (Å²) in [5, 5.41) is 7.60. The minimum Gasteiger partial charge on any atom is -0.466 e. The van der Waals surface area contributed by atoms with Gasteiger partial charge in [-0.3, -0.25) is 4.98 Å². The lowest BCUT2D eigenvalue weighted by Gasteiger charge is -2.30. The first-order valence-corrected chi connectivity index (χ1v) is 7.23. The molecule has 112 valence electrons. The predicted molar refractivity (Wildman–Crippen MR) is 88.1 cm³/mol. The van der Waals surface area contributed by atoms with Crippen molar-refractivity contribution in [2.24, 2.45) is 0 Å². The molecule has 0 spiro atoms. The highest BCUT2D eigenvalue weighted by Gasteiger charge is 2.31. The third-order valence-corrected chi connectivity index (χ3v) is 3.87. The highest BCUT2D eigenvalue weighted by molar-refractivity contribution is 7.80. The second-order valence-electron chi connectivity index (χ2n) is 4.98. The van der Waals surface area contributed by atoms with Crippen molar-refractivity contribution in [2.75, 3.05) is 7.11 Å². The van der Waals surface area contributed by atoms with Crippen LogP contribution in [-0.2, 0) is 9.53 Å². The Morgan fingerprint density at radius 3 is 2.86 bits per heavy atom. The van der Waals surface area contributed by atoms with Gasteiger partial charge in [-0.25, -0.2) is 4.79 Å². The van der Waals surface area contributed by atoms with Crippen LogP contribution >= 0.6 is 12.2 Å². The van der Waals surface area contributed by atoms with Crippen LogP contribution in [0.25, 0.3) is 10.9 Å². The molecule has 1 aliphatic heterocycles. The number of carbonyl (C=O) groups excluding carboxylic acids is 1. The molecule has 0 amide bonds. The van der Waals surface area contributed by atoms with Crippen molar-refractivity contribution in [3.63, 3.8) is 0 Å². The van der Waals surface area contributed by atoms with Crippen molar-refractivity contribution in [1.29, 1.82) is 0 Å². The van der Waals surface area contributed by atoms with Crippen LogP contribution < -0.4 is 10.6 Å². The largest absolute Gasteiger partial charge is 0.466 e. The van der Waals surface area contributed by atoms with E-state index in [1.54, 1.807) is 6.20 Å². The summed E-state index contributed by atoms with van der Waals surface area (Å²) in [4.78, 5) is 16.6. The smallest absolute Gasteiger partial charge is 0.337 e. The molecule has 0 radical (unpaired) electrons. The molecule has 3 rings (SSSR count). The van der Waals surface area contributed by atoms with E-state index in [0.29, 0.717) is 16.4 Å². The zero-order valence-electron chi connectivity index (χ0n) is 12.2. The van der Waals surface area contributed by atoms with Crippen molar-refractivity contribution < 1.29 is 9.53 Å². The molecule has 6 heteroatoms. The molecule has 0 saturated carbocycles. The van der Waals surface area contributed by atoms with Crippen molar-refractivity contribution in [3.8, 4) is 0 Å². The zero-order chi connectivity index (χ0) is 15.7. The SMILES string of the molecule is COC(=O)C1=C(C)NC(=S)NC1c1cccc2cccnc12. The molecule has 2 aromatic rings. The number of ether oxygens (including phenoxy) is 1. The van der Waals surface area contributed by atoms with Crippen molar-refractivity contribution in [3.05, 3.63) is 53.4 Å². The molecule has 0 bridgehead atoms. The van der Waals surface area contributed by atoms with Gasteiger partial charge in [-0.2, -0.15) is 0 Å². The topological polar surface area (TPSA) is 63.2 Å². The minimum absolute atomic E-state index is 0.389. The van der Waals surface area contributed by atoms with Gasteiger partial charge >= 0.3 is 5.97 Å². The number of benzene rings is 1. The number of esters is 1. The molecule has 1 unspecified atom stereocenters. The fraction of sp³-hybridized carbons (Fsp3) is 0.188. The van der Waals surface area contributed by atoms with E-state index >= 15 is 0 Å². The Kier molecular flexibility index (Phi) is 3.77. The van der Waals surface area contributed by atoms with Crippen LogP contribution in [-0.4, -0.2) is 23.2 Å². The quantitative estimate of drug-likeness (QED) is 0.655. The highest BCUT2D eigenvalue weighted by atomic mass is 32.1. The van der Waals surface area contributed by atoms with Gasteiger partial charge in [0.15, 0.2) is 5.11 Å². The maximum Gasteiger partial charge on any atom is 0.337 e. The van der Waals surface area contributed by atoms with E-state index in [1.165, 1.54) is 7.11 Å². The fourth-order valence-electron chi connectivity index (χ4n) is 2.67. The summed E-state index contributed by atoms with van der Waals surface area (Å²) in [5.74, 6) is -0.391. The van der Waals surface area contributed by atoms with Crippen LogP contribution in [0.15, 0.2) is 47.8 Å². The molecule has 1 aromatic heterocycles. The Labute approximate surface area is 133 Å². The molecule has 1 atom stereocenters. The number of para-hydroxylation sites is 1. The second kappa shape index (κ2) is 5.73. The Hall–Kier alpha value is -2.47. The van der Waals surface area contributed by atoms with Crippen molar-refractivity contribution >= 4 is 34.2 Å². The normalized spacial score (nSPS) is 17.9. The number of nitrogens with one attached hydrogen (secondary N) is 2. The molecular weight excluding hydrogens is 298 g/mol. The van der Waals surface area contributed by atoms with Crippen LogP contribution in [0.1, 0.15) is 18.5 Å². The van der Waals surface area contributed by atoms with Gasteiger partial charge in [-0.1, -0.05) is 24.3 Å². The number of fused-ring (bicyclic) bond motifs is 1. The zero-order valence-corrected chi connectivity index (χ0v) is 13.0. The number of allylic oxidation sites excluding steroid dienone is 1. The van der Waals surface area contributed by atoms with Gasteiger partial charge in [0.1, 0.15) is 0 Å². The number of hydrogen-bond acceptors (Lipinski definition) is 4. The number of hydrogen-bond donors (Lipinski definition) is 2. The van der Waals surface area contributed by atoms with Crippen LogP contribution in [0.5, 0.6) is 0 Å². The summed E-state index contributed by atoms with van der Waals surface area (Å²) in [6.45, 7) is 1.81. The molecule has 0 fully saturated rings. The summed E-state index contributed by atoms with van der Waals surface area (Å²) in [7, 11) is 1.37. The van der Waals surface area contributed by atoms with Crippen molar-refractivity contribution in [2.45, 2.75) is 13.0 Å². The van der Waals surface area contributed by atoms with Gasteiger partial charge in [0, 0.05) is 22.8 Å².